The second-order valence-corrected chi connectivity index (χ2v) is 10.1. The van der Waals surface area contributed by atoms with E-state index in [-0.39, 0.29) is 30.3 Å². The van der Waals surface area contributed by atoms with Crippen molar-refractivity contribution >= 4 is 19.4 Å². The molecule has 2 rings (SSSR count). The number of carbonyl (C=O) groups excluding carboxylic acids is 2. The average Bonchev–Trinajstić information content (AvgIpc) is 2.79. The lowest BCUT2D eigenvalue weighted by Crippen LogP contribution is -2.55. The normalized spacial score (nSPS) is 15.1. The van der Waals surface area contributed by atoms with Gasteiger partial charge in [0, 0.05) is 12.8 Å². The highest BCUT2D eigenvalue weighted by molar-refractivity contribution is 7.52. The lowest BCUT2D eigenvalue weighted by molar-refractivity contribution is -0.130. The molecule has 0 saturated heterocycles. The highest BCUT2D eigenvalue weighted by Crippen LogP contribution is 2.41. The molecule has 34 heavy (non-hydrogen) atoms. The minimum Gasteiger partial charge on any atom is -0.508 e. The molecule has 0 aliphatic rings. The molecule has 2 aromatic rings. The summed E-state index contributed by atoms with van der Waals surface area (Å²) in [4.78, 5) is 45.5. The number of carbonyl (C=O) groups is 2. The van der Waals surface area contributed by atoms with Crippen molar-refractivity contribution in [2.45, 2.75) is 51.0 Å². The molecule has 0 heterocycles. The number of rotatable bonds is 11. The molecule has 10 nitrogen and oxygen atoms in total. The third-order valence-electron chi connectivity index (χ3n) is 5.65. The van der Waals surface area contributed by atoms with E-state index in [9.17, 15) is 34.2 Å². The summed E-state index contributed by atoms with van der Waals surface area (Å²) in [6, 6.07) is 9.71. The Morgan fingerprint density at radius 3 is 1.79 bits per heavy atom. The van der Waals surface area contributed by atoms with Crippen molar-refractivity contribution in [2.24, 2.45) is 11.7 Å². The van der Waals surface area contributed by atoms with E-state index >= 15 is 0 Å². The number of hydrogen-bond acceptors (Lipinski definition) is 6. The van der Waals surface area contributed by atoms with Crippen LogP contribution in [0.2, 0.25) is 0 Å². The van der Waals surface area contributed by atoms with Crippen molar-refractivity contribution in [3.05, 3.63) is 59.7 Å². The van der Waals surface area contributed by atoms with Crippen LogP contribution in [0.3, 0.4) is 0 Å². The van der Waals surface area contributed by atoms with Crippen LogP contribution in [-0.2, 0) is 27.0 Å². The van der Waals surface area contributed by atoms with Crippen molar-refractivity contribution in [1.29, 1.82) is 0 Å². The molecule has 0 aromatic heterocycles. The molecule has 2 aromatic carbocycles. The third-order valence-corrected chi connectivity index (χ3v) is 6.77. The highest BCUT2D eigenvalue weighted by Gasteiger charge is 2.34. The molecule has 0 aliphatic carbocycles. The summed E-state index contributed by atoms with van der Waals surface area (Å²) in [5, 5.41) is 23.9. The molecule has 0 fully saturated rings. The van der Waals surface area contributed by atoms with Crippen LogP contribution in [0.4, 0.5) is 0 Å². The Balaban J connectivity index is 2.25. The van der Waals surface area contributed by atoms with Crippen molar-refractivity contribution in [3.63, 3.8) is 0 Å². The maximum absolute atomic E-state index is 13.1. The average molecular weight is 493 g/mol. The smallest absolute Gasteiger partial charge is 0.347 e. The summed E-state index contributed by atoms with van der Waals surface area (Å²) in [5.74, 6) is -3.01. The van der Waals surface area contributed by atoms with Gasteiger partial charge in [-0.25, -0.2) is 0 Å². The summed E-state index contributed by atoms with van der Waals surface area (Å²) in [5.41, 5.74) is 7.10. The number of nitrogens with two attached hydrogens (primary N) is 1. The summed E-state index contributed by atoms with van der Waals surface area (Å²) < 4.78 is 12.1. The first kappa shape index (κ1) is 27.3. The topological polar surface area (TPSA) is 182 Å². The number of phenols is 2. The van der Waals surface area contributed by atoms with E-state index in [0.717, 1.165) is 0 Å². The van der Waals surface area contributed by atoms with Gasteiger partial charge < -0.3 is 36.4 Å². The standard InChI is InChI=1S/C23H32N3O7P/c1-3-14(2)21(24)23(30)25-19(12-15-4-8-17(27)9-5-15)22(29)26-20(34(31,32)33)13-16-6-10-18(28)11-7-16/h4-11,14,19-21,27-28H,3,12-13,24H2,1-2H3,(H,25,30)(H,26,29)(H2,31,32,33)/t14-,19-,20+,21-/m0/s1. The van der Waals surface area contributed by atoms with Crippen LogP contribution < -0.4 is 16.4 Å². The fourth-order valence-electron chi connectivity index (χ4n) is 3.23. The van der Waals surface area contributed by atoms with Crippen LogP contribution in [0.1, 0.15) is 31.4 Å². The zero-order chi connectivity index (χ0) is 25.5. The molecule has 8 N–H and O–H groups in total. The van der Waals surface area contributed by atoms with E-state index in [4.69, 9.17) is 5.73 Å². The molecule has 186 valence electrons. The minimum absolute atomic E-state index is 0.00478. The van der Waals surface area contributed by atoms with E-state index in [1.807, 2.05) is 6.92 Å². The van der Waals surface area contributed by atoms with Gasteiger partial charge in [0.25, 0.3) is 0 Å². The molecule has 2 amide bonds. The molecular formula is C23H32N3O7P. The molecule has 0 radical (unpaired) electrons. The lowest BCUT2D eigenvalue weighted by Gasteiger charge is -2.26. The van der Waals surface area contributed by atoms with Crippen molar-refractivity contribution < 1.29 is 34.2 Å². The minimum atomic E-state index is -4.77. The molecule has 0 bridgehead atoms. The monoisotopic (exact) mass is 493 g/mol. The fourth-order valence-corrected chi connectivity index (χ4v) is 3.98. The summed E-state index contributed by atoms with van der Waals surface area (Å²) in [7, 11) is -4.77. The van der Waals surface area contributed by atoms with E-state index in [1.165, 1.54) is 36.4 Å². The largest absolute Gasteiger partial charge is 0.508 e. The Morgan fingerprint density at radius 2 is 1.35 bits per heavy atom. The molecular weight excluding hydrogens is 461 g/mol. The van der Waals surface area contributed by atoms with E-state index < -0.39 is 37.3 Å². The quantitative estimate of drug-likeness (QED) is 0.229. The van der Waals surface area contributed by atoms with Crippen molar-refractivity contribution in [2.75, 3.05) is 0 Å². The van der Waals surface area contributed by atoms with Crippen LogP contribution >= 0.6 is 7.60 Å². The summed E-state index contributed by atoms with van der Waals surface area (Å²) in [6.45, 7) is 3.69. The Hall–Kier alpha value is -2.91. The van der Waals surface area contributed by atoms with Crippen LogP contribution in [0.5, 0.6) is 11.5 Å². The number of benzene rings is 2. The van der Waals surface area contributed by atoms with Gasteiger partial charge in [0.1, 0.15) is 23.3 Å². The molecule has 0 unspecified atom stereocenters. The van der Waals surface area contributed by atoms with E-state index in [1.54, 1.807) is 19.1 Å². The Kier molecular flexibility index (Phi) is 9.64. The van der Waals surface area contributed by atoms with Crippen LogP contribution in [0, 0.1) is 5.92 Å². The number of phenolic OH excluding ortho intramolecular Hbond substituents is 2. The number of aromatic hydroxyl groups is 2. The van der Waals surface area contributed by atoms with Gasteiger partial charge in [-0.3, -0.25) is 14.2 Å². The Bertz CT molecular complexity index is 1010. The van der Waals surface area contributed by atoms with Crippen LogP contribution in [0.15, 0.2) is 48.5 Å². The Morgan fingerprint density at radius 1 is 0.882 bits per heavy atom. The zero-order valence-corrected chi connectivity index (χ0v) is 20.0. The molecule has 11 heteroatoms. The summed E-state index contributed by atoms with van der Waals surface area (Å²) >= 11 is 0. The predicted molar refractivity (Wildman–Crippen MR) is 127 cm³/mol. The van der Waals surface area contributed by atoms with Gasteiger partial charge in [0.05, 0.1) is 6.04 Å². The van der Waals surface area contributed by atoms with Gasteiger partial charge in [-0.15, -0.1) is 0 Å². The summed E-state index contributed by atoms with van der Waals surface area (Å²) in [6.07, 6.45) is 0.469. The molecule has 0 aliphatic heterocycles. The number of hydrogen-bond donors (Lipinski definition) is 7. The molecule has 0 saturated carbocycles. The van der Waals surface area contributed by atoms with Gasteiger partial charge in [0.2, 0.25) is 11.8 Å². The second kappa shape index (κ2) is 12.0. The van der Waals surface area contributed by atoms with E-state index in [0.29, 0.717) is 17.5 Å². The van der Waals surface area contributed by atoms with Gasteiger partial charge in [-0.1, -0.05) is 44.5 Å². The second-order valence-electron chi connectivity index (χ2n) is 8.33. The zero-order valence-electron chi connectivity index (χ0n) is 19.1. The molecule has 0 spiro atoms. The SMILES string of the molecule is CC[C@H](C)[C@H](N)C(=O)N[C@@H](Cc1ccc(O)cc1)C(=O)N[C@@H](Cc1ccc(O)cc1)P(=O)(O)O. The fraction of sp³-hybridized carbons (Fsp3) is 0.391. The maximum Gasteiger partial charge on any atom is 0.347 e. The van der Waals surface area contributed by atoms with Crippen molar-refractivity contribution in [3.8, 4) is 11.5 Å². The lowest BCUT2D eigenvalue weighted by atomic mass is 9.98. The van der Waals surface area contributed by atoms with Gasteiger partial charge in [-0.05, 0) is 41.3 Å². The van der Waals surface area contributed by atoms with Gasteiger partial charge >= 0.3 is 7.60 Å². The number of nitrogens with one attached hydrogen (secondary N) is 2. The molecule has 4 atom stereocenters. The predicted octanol–water partition coefficient (Wildman–Crippen LogP) is 1.36. The third kappa shape index (κ3) is 8.14. The van der Waals surface area contributed by atoms with Gasteiger partial charge in [0.15, 0.2) is 0 Å². The van der Waals surface area contributed by atoms with Gasteiger partial charge in [-0.2, -0.15) is 0 Å². The maximum atomic E-state index is 13.1. The number of amides is 2. The first-order valence-corrected chi connectivity index (χ1v) is 12.6. The highest BCUT2D eigenvalue weighted by atomic mass is 31.2. The van der Waals surface area contributed by atoms with Crippen LogP contribution in [-0.4, -0.2) is 49.7 Å². The van der Waals surface area contributed by atoms with Crippen molar-refractivity contribution in [1.82, 2.24) is 10.6 Å². The first-order valence-electron chi connectivity index (χ1n) is 10.9. The van der Waals surface area contributed by atoms with Crippen LogP contribution in [0.25, 0.3) is 0 Å². The first-order chi connectivity index (χ1) is 15.9. The Labute approximate surface area is 198 Å². The van der Waals surface area contributed by atoms with E-state index in [2.05, 4.69) is 10.6 Å².